The van der Waals surface area contributed by atoms with Gasteiger partial charge in [0.05, 0.1) is 17.2 Å². The first-order valence-electron chi connectivity index (χ1n) is 8.23. The van der Waals surface area contributed by atoms with E-state index in [2.05, 4.69) is 28.5 Å². The van der Waals surface area contributed by atoms with Crippen molar-refractivity contribution in [3.8, 4) is 0 Å². The lowest BCUT2D eigenvalue weighted by atomic mass is 10.2. The molecule has 0 aromatic carbocycles. The van der Waals surface area contributed by atoms with Gasteiger partial charge in [0, 0.05) is 19.3 Å². The van der Waals surface area contributed by atoms with Gasteiger partial charge in [0.25, 0.3) is 6.20 Å². The molecule has 2 heterocycles. The van der Waals surface area contributed by atoms with Crippen LogP contribution in [0.2, 0.25) is 0 Å². The molecule has 0 atom stereocenters. The fourth-order valence-corrected chi connectivity index (χ4v) is 3.43. The molecule has 2 rings (SSSR count). The lowest BCUT2D eigenvalue weighted by Crippen LogP contribution is -2.26. The van der Waals surface area contributed by atoms with Crippen molar-refractivity contribution in [3.63, 3.8) is 0 Å². The second-order valence-corrected chi connectivity index (χ2v) is 6.96. The Morgan fingerprint density at radius 1 is 1.50 bits per heavy atom. The predicted octanol–water partition coefficient (Wildman–Crippen LogP) is 2.30. The maximum atomic E-state index is 10.4. The van der Waals surface area contributed by atoms with Gasteiger partial charge in [-0.1, -0.05) is 0 Å². The predicted molar refractivity (Wildman–Crippen MR) is 96.3 cm³/mol. The third kappa shape index (κ3) is 6.09. The van der Waals surface area contributed by atoms with Crippen molar-refractivity contribution in [2.45, 2.75) is 32.1 Å². The van der Waals surface area contributed by atoms with Gasteiger partial charge < -0.3 is 15.1 Å². The Hall–Kier alpha value is -1.67. The Morgan fingerprint density at radius 2 is 2.25 bits per heavy atom. The van der Waals surface area contributed by atoms with Gasteiger partial charge in [-0.25, -0.2) is 0 Å². The molecule has 24 heavy (non-hydrogen) atoms. The van der Waals surface area contributed by atoms with Crippen molar-refractivity contribution in [3.05, 3.63) is 45.3 Å². The smallest absolute Gasteiger partial charge is 0.274 e. The van der Waals surface area contributed by atoms with E-state index < -0.39 is 4.92 Å². The molecule has 1 aromatic rings. The molecule has 0 saturated carbocycles. The van der Waals surface area contributed by atoms with Gasteiger partial charge in [-0.15, -0.1) is 0 Å². The van der Waals surface area contributed by atoms with Crippen LogP contribution in [0.15, 0.2) is 22.5 Å². The molecule has 1 aliphatic rings. The molecular weight excluding hydrogens is 328 g/mol. The molecular formula is C16H26N4O3S. The number of nitro groups is 1. The molecule has 0 aliphatic carbocycles. The first-order valence-corrected chi connectivity index (χ1v) is 9.39. The second kappa shape index (κ2) is 9.58. The average molecular weight is 354 g/mol. The van der Waals surface area contributed by atoms with Crippen molar-refractivity contribution < 1.29 is 9.34 Å². The number of nitrogens with one attached hydrogen (secondary N) is 2. The molecule has 1 fully saturated rings. The van der Waals surface area contributed by atoms with Crippen molar-refractivity contribution in [1.29, 1.82) is 0 Å². The number of furan rings is 1. The van der Waals surface area contributed by atoms with Crippen molar-refractivity contribution >= 4 is 11.8 Å². The molecule has 1 aromatic heterocycles. The molecule has 134 valence electrons. The van der Waals surface area contributed by atoms with Crippen molar-refractivity contribution in [1.82, 2.24) is 15.5 Å². The Labute approximate surface area is 147 Å². The van der Waals surface area contributed by atoms with Crippen LogP contribution < -0.4 is 10.6 Å². The van der Waals surface area contributed by atoms with Crippen molar-refractivity contribution in [2.75, 3.05) is 32.4 Å². The number of thioether (sulfide) groups is 1. The first kappa shape index (κ1) is 18.7. The highest BCUT2D eigenvalue weighted by Gasteiger charge is 2.16. The number of likely N-dealkylation sites (tertiary alicyclic amines) is 1. The largest absolute Gasteiger partial charge is 0.464 e. The molecule has 0 radical (unpaired) electrons. The molecule has 2 N–H and O–H groups in total. The highest BCUT2D eigenvalue weighted by atomic mass is 32.2. The Balaban J connectivity index is 1.69. The summed E-state index contributed by atoms with van der Waals surface area (Å²) < 4.78 is 5.98. The zero-order valence-electron chi connectivity index (χ0n) is 14.3. The van der Waals surface area contributed by atoms with E-state index in [-0.39, 0.29) is 0 Å². The highest BCUT2D eigenvalue weighted by Crippen LogP contribution is 2.22. The van der Waals surface area contributed by atoms with Crippen LogP contribution in [0.3, 0.4) is 0 Å². The summed E-state index contributed by atoms with van der Waals surface area (Å²) in [6.45, 7) is 6.01. The average Bonchev–Trinajstić information content (AvgIpc) is 3.16. The van der Waals surface area contributed by atoms with Gasteiger partial charge in [0.15, 0.2) is 5.82 Å². The van der Waals surface area contributed by atoms with Gasteiger partial charge in [-0.05, 0) is 44.5 Å². The zero-order valence-corrected chi connectivity index (χ0v) is 15.2. The number of hydrogen-bond donors (Lipinski definition) is 2. The molecule has 0 amide bonds. The van der Waals surface area contributed by atoms with E-state index in [1.807, 2.05) is 0 Å². The summed E-state index contributed by atoms with van der Waals surface area (Å²) in [7, 11) is 1.66. The van der Waals surface area contributed by atoms with Crippen LogP contribution in [0.1, 0.15) is 29.9 Å². The molecule has 0 unspecified atom stereocenters. The van der Waals surface area contributed by atoms with Gasteiger partial charge >= 0.3 is 0 Å². The molecule has 7 nitrogen and oxygen atoms in total. The van der Waals surface area contributed by atoms with E-state index in [4.69, 9.17) is 4.42 Å². The van der Waals surface area contributed by atoms with Gasteiger partial charge in [0.1, 0.15) is 11.5 Å². The standard InChI is InChI=1S/C16H26N4O3S/c1-13-9-14(23-15(13)10-19-6-3-4-7-19)12-24-8-5-18-16(17-2)11-20(21)22/h9,11,17-18H,3-8,10,12H2,1-2H3. The van der Waals surface area contributed by atoms with Crippen molar-refractivity contribution in [2.24, 2.45) is 0 Å². The summed E-state index contributed by atoms with van der Waals surface area (Å²) in [5, 5.41) is 16.2. The molecule has 0 spiro atoms. The maximum Gasteiger partial charge on any atom is 0.274 e. The quantitative estimate of drug-likeness (QED) is 0.379. The van der Waals surface area contributed by atoms with E-state index in [9.17, 15) is 10.1 Å². The van der Waals surface area contributed by atoms with Gasteiger partial charge in [-0.2, -0.15) is 11.8 Å². The SMILES string of the molecule is CNC(=C[N+](=O)[O-])NCCSCc1cc(C)c(CN2CCCC2)o1. The minimum atomic E-state index is -0.473. The lowest BCUT2D eigenvalue weighted by Gasteiger charge is -2.12. The van der Waals surface area contributed by atoms with Gasteiger partial charge in [-0.3, -0.25) is 15.0 Å². The van der Waals surface area contributed by atoms with Crippen LogP contribution in [0.5, 0.6) is 0 Å². The Kier molecular flexibility index (Phi) is 7.45. The Morgan fingerprint density at radius 3 is 2.92 bits per heavy atom. The molecule has 1 aliphatic heterocycles. The summed E-state index contributed by atoms with van der Waals surface area (Å²) in [6.07, 6.45) is 3.51. The minimum absolute atomic E-state index is 0.419. The summed E-state index contributed by atoms with van der Waals surface area (Å²) in [4.78, 5) is 12.4. The van der Waals surface area contributed by atoms with Crippen LogP contribution in [-0.2, 0) is 12.3 Å². The Bertz CT molecular complexity index is 568. The normalized spacial score (nSPS) is 15.7. The summed E-state index contributed by atoms with van der Waals surface area (Å²) >= 11 is 1.75. The number of rotatable bonds is 10. The number of aryl methyl sites for hydroxylation is 1. The lowest BCUT2D eigenvalue weighted by molar-refractivity contribution is -0.404. The van der Waals surface area contributed by atoms with Crippen LogP contribution >= 0.6 is 11.8 Å². The third-order valence-electron chi connectivity index (χ3n) is 3.95. The monoisotopic (exact) mass is 354 g/mol. The summed E-state index contributed by atoms with van der Waals surface area (Å²) in [5.74, 6) is 4.16. The highest BCUT2D eigenvalue weighted by molar-refractivity contribution is 7.98. The first-order chi connectivity index (χ1) is 11.6. The molecule has 8 heteroatoms. The van der Waals surface area contributed by atoms with E-state index in [1.54, 1.807) is 18.8 Å². The zero-order chi connectivity index (χ0) is 17.4. The summed E-state index contributed by atoms with van der Waals surface area (Å²) in [5.41, 5.74) is 1.22. The number of nitrogens with zero attached hydrogens (tertiary/aromatic N) is 2. The van der Waals surface area contributed by atoms with Crippen LogP contribution in [-0.4, -0.2) is 42.3 Å². The van der Waals surface area contributed by atoms with E-state index in [0.717, 1.165) is 35.8 Å². The van der Waals surface area contributed by atoms with Gasteiger partial charge in [0.2, 0.25) is 0 Å². The second-order valence-electron chi connectivity index (χ2n) is 5.86. The van der Waals surface area contributed by atoms with E-state index in [1.165, 1.54) is 31.5 Å². The fraction of sp³-hybridized carbons (Fsp3) is 0.625. The number of hydrogen-bond acceptors (Lipinski definition) is 7. The molecule has 0 bridgehead atoms. The topological polar surface area (TPSA) is 83.6 Å². The van der Waals surface area contributed by atoms with Crippen LogP contribution in [0.25, 0.3) is 0 Å². The van der Waals surface area contributed by atoms with E-state index in [0.29, 0.717) is 12.4 Å². The van der Waals surface area contributed by atoms with Crippen LogP contribution in [0.4, 0.5) is 0 Å². The molecule has 1 saturated heterocycles. The minimum Gasteiger partial charge on any atom is -0.464 e. The fourth-order valence-electron chi connectivity index (χ4n) is 2.70. The van der Waals surface area contributed by atoms with E-state index >= 15 is 0 Å². The maximum absolute atomic E-state index is 10.4. The summed E-state index contributed by atoms with van der Waals surface area (Å²) in [6, 6.07) is 2.12. The van der Waals surface area contributed by atoms with Crippen LogP contribution in [0, 0.1) is 17.0 Å². The third-order valence-corrected chi connectivity index (χ3v) is 4.93.